The Morgan fingerprint density at radius 3 is 2.46 bits per heavy atom. The van der Waals surface area contributed by atoms with Crippen LogP contribution < -0.4 is 9.79 Å². The lowest BCUT2D eigenvalue weighted by molar-refractivity contribution is -0.309. The lowest BCUT2D eigenvalue weighted by Gasteiger charge is -2.27. The average molecular weight is 237 g/mol. The van der Waals surface area contributed by atoms with Gasteiger partial charge in [0.2, 0.25) is 0 Å². The maximum absolute atomic E-state index is 10.0. The first-order valence-corrected chi connectivity index (χ1v) is 5.75. The second kappa shape index (κ2) is 5.81. The van der Waals surface area contributed by atoms with Crippen molar-refractivity contribution < 1.29 is 13.8 Å². The van der Waals surface area contributed by atoms with E-state index < -0.39 is 8.60 Å². The molecule has 0 amide bonds. The van der Waals surface area contributed by atoms with E-state index in [4.69, 9.17) is 11.6 Å². The van der Waals surface area contributed by atoms with Crippen LogP contribution in [0.1, 0.15) is 5.56 Å². The summed E-state index contributed by atoms with van der Waals surface area (Å²) in [6.45, 7) is 0. The zero-order chi connectivity index (χ0) is 9.68. The highest BCUT2D eigenvalue weighted by atomic mass is 35.5. The van der Waals surface area contributed by atoms with E-state index >= 15 is 0 Å². The van der Waals surface area contributed by atoms with Gasteiger partial charge in [-0.1, -0.05) is 23.7 Å². The summed E-state index contributed by atoms with van der Waals surface area (Å²) in [5.74, 6) is 0.487. The molecule has 1 aromatic rings. The number of benzene rings is 1. The molecule has 0 spiro atoms. The molecule has 0 saturated carbocycles. The van der Waals surface area contributed by atoms with E-state index in [1.54, 1.807) is 12.1 Å². The second-order valence-electron chi connectivity index (χ2n) is 2.19. The minimum absolute atomic E-state index is 0.487. The molecule has 0 N–H and O–H groups in total. The molecule has 1 rings (SSSR count). The monoisotopic (exact) mass is 236 g/mol. The highest BCUT2D eigenvalue weighted by Crippen LogP contribution is 2.26. The van der Waals surface area contributed by atoms with Gasteiger partial charge in [0.15, 0.2) is 0 Å². The van der Waals surface area contributed by atoms with E-state index in [-0.39, 0.29) is 0 Å². The predicted octanol–water partition coefficient (Wildman–Crippen LogP) is 1.45. The summed E-state index contributed by atoms with van der Waals surface area (Å²) in [6, 6.07) is 7.12. The summed E-state index contributed by atoms with van der Waals surface area (Å²) in [6.07, 6.45) is 0. The molecule has 6 heteroatoms. The Bertz CT molecular complexity index is 254. The zero-order valence-corrected chi connectivity index (χ0v) is 8.94. The lowest BCUT2D eigenvalue weighted by Crippen LogP contribution is -2.07. The first-order chi connectivity index (χ1) is 6.18. The van der Waals surface area contributed by atoms with Gasteiger partial charge in [0.05, 0.1) is 0 Å². The van der Waals surface area contributed by atoms with Gasteiger partial charge in [0, 0.05) is 10.8 Å². The summed E-state index contributed by atoms with van der Waals surface area (Å²) in [5, 5.41) is 0.657. The van der Waals surface area contributed by atoms with Gasteiger partial charge in [0.25, 0.3) is 0 Å². The molecule has 0 heterocycles. The van der Waals surface area contributed by atoms with Gasteiger partial charge in [-0.05, 0) is 29.7 Å². The van der Waals surface area contributed by atoms with Gasteiger partial charge in [-0.15, -0.1) is 8.60 Å². The normalized spacial score (nSPS) is 10.8. The Kier molecular flexibility index (Phi) is 5.02. The van der Waals surface area contributed by atoms with Crippen molar-refractivity contribution in [2.45, 2.75) is 5.75 Å². The van der Waals surface area contributed by atoms with Crippen molar-refractivity contribution >= 4 is 32.2 Å². The van der Waals surface area contributed by atoms with Crippen molar-refractivity contribution in [1.29, 1.82) is 0 Å². The van der Waals surface area contributed by atoms with E-state index in [1.807, 2.05) is 12.1 Å². The van der Waals surface area contributed by atoms with Crippen LogP contribution in [-0.4, -0.2) is 0 Å². The van der Waals surface area contributed by atoms with Crippen LogP contribution in [0.3, 0.4) is 0 Å². The first-order valence-electron chi connectivity index (χ1n) is 3.37. The smallest absolute Gasteiger partial charge is 0.0451 e. The summed E-state index contributed by atoms with van der Waals surface area (Å²) in [7, 11) is -2.77. The van der Waals surface area contributed by atoms with Gasteiger partial charge >= 0.3 is 0 Å². The fraction of sp³-hybridized carbons (Fsp3) is 0.143. The van der Waals surface area contributed by atoms with Crippen molar-refractivity contribution in [2.75, 3.05) is 0 Å². The Hall–Kier alpha value is 0.170. The standard InChI is InChI=1S/C7H6ClO3PS/c8-7-3-1-6(2-4-7)5-13-11-12(9)10/h1-4H,5H2/q-2. The molecule has 0 saturated heterocycles. The summed E-state index contributed by atoms with van der Waals surface area (Å²) < 4.78 is 4.31. The van der Waals surface area contributed by atoms with E-state index in [9.17, 15) is 9.79 Å². The first kappa shape index (κ1) is 11.2. The van der Waals surface area contributed by atoms with Crippen molar-refractivity contribution in [1.82, 2.24) is 0 Å². The summed E-state index contributed by atoms with van der Waals surface area (Å²) >= 11 is 6.54. The molecule has 0 aliphatic carbocycles. The van der Waals surface area contributed by atoms with Gasteiger partial charge in [-0.3, -0.25) is 0 Å². The van der Waals surface area contributed by atoms with E-state index in [1.165, 1.54) is 0 Å². The molecule has 0 aliphatic heterocycles. The summed E-state index contributed by atoms with van der Waals surface area (Å²) in [5.41, 5.74) is 0.964. The highest BCUT2D eigenvalue weighted by Gasteiger charge is 1.93. The lowest BCUT2D eigenvalue weighted by atomic mass is 10.2. The van der Waals surface area contributed by atoms with Crippen LogP contribution in [0.15, 0.2) is 24.3 Å². The average Bonchev–Trinajstić information content (AvgIpc) is 2.08. The number of hydrogen-bond acceptors (Lipinski definition) is 4. The number of hydrogen-bond donors (Lipinski definition) is 0. The van der Waals surface area contributed by atoms with Crippen LogP contribution in [0.4, 0.5) is 0 Å². The summed E-state index contributed by atoms with van der Waals surface area (Å²) in [4.78, 5) is 20.0. The molecule has 0 unspecified atom stereocenters. The van der Waals surface area contributed by atoms with Crippen LogP contribution in [-0.2, 0) is 9.72 Å². The number of halogens is 1. The van der Waals surface area contributed by atoms with E-state index in [0.717, 1.165) is 17.6 Å². The largest absolute Gasteiger partial charge is 0.819 e. The van der Waals surface area contributed by atoms with Crippen molar-refractivity contribution in [3.63, 3.8) is 0 Å². The third kappa shape index (κ3) is 4.81. The maximum atomic E-state index is 10.0. The molecular weight excluding hydrogens is 231 g/mol. The molecule has 0 fully saturated rings. The topological polar surface area (TPSA) is 55.3 Å². The zero-order valence-electron chi connectivity index (χ0n) is 6.47. The minimum atomic E-state index is -2.77. The van der Waals surface area contributed by atoms with Gasteiger partial charge in [-0.25, -0.2) is 0 Å². The Labute approximate surface area is 86.9 Å². The molecule has 0 aromatic heterocycles. The molecule has 1 aromatic carbocycles. The van der Waals surface area contributed by atoms with Crippen LogP contribution >= 0.6 is 32.2 Å². The van der Waals surface area contributed by atoms with Gasteiger partial charge in [0.1, 0.15) is 0 Å². The second-order valence-corrected chi connectivity index (χ2v) is 4.19. The van der Waals surface area contributed by atoms with Crippen LogP contribution in [0.2, 0.25) is 5.02 Å². The van der Waals surface area contributed by atoms with E-state index in [0.29, 0.717) is 10.8 Å². The third-order valence-electron chi connectivity index (χ3n) is 1.25. The van der Waals surface area contributed by atoms with Crippen molar-refractivity contribution in [2.24, 2.45) is 0 Å². The number of rotatable bonds is 4. The molecule has 0 radical (unpaired) electrons. The van der Waals surface area contributed by atoms with Crippen LogP contribution in [0.5, 0.6) is 0 Å². The van der Waals surface area contributed by atoms with Crippen LogP contribution in [0.25, 0.3) is 0 Å². The van der Waals surface area contributed by atoms with E-state index in [2.05, 4.69) is 3.97 Å². The van der Waals surface area contributed by atoms with Gasteiger partial charge in [-0.2, -0.15) is 0 Å². The predicted molar refractivity (Wildman–Crippen MR) is 50.8 cm³/mol. The van der Waals surface area contributed by atoms with Crippen LogP contribution in [0, 0.1) is 0 Å². The van der Waals surface area contributed by atoms with Crippen molar-refractivity contribution in [3.05, 3.63) is 34.9 Å². The molecule has 3 nitrogen and oxygen atoms in total. The molecule has 13 heavy (non-hydrogen) atoms. The molecular formula is C7H6ClO3PS-2. The molecule has 72 valence electrons. The molecule has 0 atom stereocenters. The Morgan fingerprint density at radius 1 is 1.31 bits per heavy atom. The minimum Gasteiger partial charge on any atom is -0.819 e. The Morgan fingerprint density at radius 2 is 1.92 bits per heavy atom. The van der Waals surface area contributed by atoms with Crippen molar-refractivity contribution in [3.8, 4) is 0 Å². The third-order valence-corrected chi connectivity index (χ3v) is 2.86. The fourth-order valence-electron chi connectivity index (χ4n) is 0.718. The van der Waals surface area contributed by atoms with Gasteiger partial charge < -0.3 is 13.8 Å². The quantitative estimate of drug-likeness (QED) is 0.587. The maximum Gasteiger partial charge on any atom is 0.0451 e. The Balaban J connectivity index is 2.33. The SMILES string of the molecule is [O-]P([O-])OSCc1ccc(Cl)cc1. The fourth-order valence-corrected chi connectivity index (χ4v) is 1.73. The molecule has 0 aliphatic rings. The molecule has 0 bridgehead atoms. The highest BCUT2D eigenvalue weighted by molar-refractivity contribution is 7.96.